The molecule has 0 atom stereocenters. The van der Waals surface area contributed by atoms with E-state index in [1.165, 1.54) is 0 Å². The highest BCUT2D eigenvalue weighted by atomic mass is 35.5. The zero-order valence-electron chi connectivity index (χ0n) is 13.9. The Balaban J connectivity index is 1.89. The van der Waals surface area contributed by atoms with Crippen LogP contribution in [-0.2, 0) is 6.54 Å². The molecule has 3 N–H and O–H groups in total. The minimum Gasteiger partial charge on any atom is -0.501 e. The number of H-pyrrole nitrogens is 1. The minimum atomic E-state index is -0.774. The molecule has 7 heteroatoms. The fraction of sp³-hybridized carbons (Fsp3) is 0.105. The summed E-state index contributed by atoms with van der Waals surface area (Å²) in [5.74, 6) is -1.16. The molecular weight excluding hydrogens is 354 g/mol. The molecule has 0 bridgehead atoms. The lowest BCUT2D eigenvalue weighted by molar-refractivity contribution is 0.0942. The van der Waals surface area contributed by atoms with Gasteiger partial charge in [0.25, 0.3) is 11.5 Å². The number of carbonyl (C=O) groups excluding carboxylic acids is 1. The van der Waals surface area contributed by atoms with Gasteiger partial charge < -0.3 is 15.4 Å². The van der Waals surface area contributed by atoms with Crippen molar-refractivity contribution in [2.24, 2.45) is 0 Å². The van der Waals surface area contributed by atoms with Crippen molar-refractivity contribution < 1.29 is 9.90 Å². The number of aromatic amines is 1. The van der Waals surface area contributed by atoms with Gasteiger partial charge in [-0.05, 0) is 30.7 Å². The second-order valence-corrected chi connectivity index (χ2v) is 6.23. The quantitative estimate of drug-likeness (QED) is 0.658. The molecule has 2 aromatic carbocycles. The third kappa shape index (κ3) is 3.92. The minimum absolute atomic E-state index is 0.188. The number of amides is 1. The van der Waals surface area contributed by atoms with E-state index in [2.05, 4.69) is 15.3 Å². The smallest absolute Gasteiger partial charge is 0.294 e. The zero-order chi connectivity index (χ0) is 18.7. The molecule has 1 amide bonds. The van der Waals surface area contributed by atoms with Crippen molar-refractivity contribution in [2.45, 2.75) is 13.5 Å². The predicted molar refractivity (Wildman–Crippen MR) is 99.3 cm³/mol. The van der Waals surface area contributed by atoms with Crippen molar-refractivity contribution in [3.8, 4) is 17.1 Å². The molecular formula is C19H16ClN3O3. The van der Waals surface area contributed by atoms with Gasteiger partial charge >= 0.3 is 0 Å². The predicted octanol–water partition coefficient (Wildman–Crippen LogP) is 3.03. The normalized spacial score (nSPS) is 10.5. The van der Waals surface area contributed by atoms with Crippen LogP contribution in [-0.4, -0.2) is 21.0 Å². The van der Waals surface area contributed by atoms with Crippen LogP contribution in [0.25, 0.3) is 11.4 Å². The molecule has 3 aromatic rings. The molecule has 0 fully saturated rings. The Bertz CT molecular complexity index is 1030. The molecule has 0 spiro atoms. The first-order valence-corrected chi connectivity index (χ1v) is 8.25. The van der Waals surface area contributed by atoms with Crippen LogP contribution in [0, 0.1) is 6.92 Å². The summed E-state index contributed by atoms with van der Waals surface area (Å²) in [4.78, 5) is 31.0. The van der Waals surface area contributed by atoms with E-state index >= 15 is 0 Å². The van der Waals surface area contributed by atoms with Crippen LogP contribution in [0.2, 0.25) is 5.02 Å². The first kappa shape index (κ1) is 17.7. The second-order valence-electron chi connectivity index (χ2n) is 5.79. The van der Waals surface area contributed by atoms with E-state index in [9.17, 15) is 14.7 Å². The fourth-order valence-corrected chi connectivity index (χ4v) is 2.68. The van der Waals surface area contributed by atoms with Crippen molar-refractivity contribution in [1.29, 1.82) is 0 Å². The number of aromatic hydroxyl groups is 1. The summed E-state index contributed by atoms with van der Waals surface area (Å²) in [5, 5.41) is 13.1. The Morgan fingerprint density at radius 3 is 2.73 bits per heavy atom. The van der Waals surface area contributed by atoms with Gasteiger partial charge in [0, 0.05) is 17.1 Å². The first-order valence-electron chi connectivity index (χ1n) is 7.87. The average molecular weight is 370 g/mol. The number of nitrogens with one attached hydrogen (secondary N) is 2. The van der Waals surface area contributed by atoms with E-state index in [1.807, 2.05) is 25.1 Å². The maximum atomic E-state index is 12.4. The SMILES string of the molecule is Cc1cccc(-c2nc(C(=O)NCc3cccc(Cl)c3)c(O)c(=O)[nH]2)c1. The lowest BCUT2D eigenvalue weighted by Crippen LogP contribution is -2.26. The van der Waals surface area contributed by atoms with Gasteiger partial charge in [0.05, 0.1) is 0 Å². The highest BCUT2D eigenvalue weighted by Crippen LogP contribution is 2.18. The van der Waals surface area contributed by atoms with Crippen molar-refractivity contribution >= 4 is 17.5 Å². The number of rotatable bonds is 4. The number of aromatic nitrogens is 2. The van der Waals surface area contributed by atoms with Crippen LogP contribution in [0.3, 0.4) is 0 Å². The van der Waals surface area contributed by atoms with Gasteiger partial charge in [-0.3, -0.25) is 9.59 Å². The molecule has 0 aliphatic heterocycles. The average Bonchev–Trinajstić information content (AvgIpc) is 2.62. The maximum Gasteiger partial charge on any atom is 0.294 e. The summed E-state index contributed by atoms with van der Waals surface area (Å²) >= 11 is 5.91. The zero-order valence-corrected chi connectivity index (χ0v) is 14.7. The highest BCUT2D eigenvalue weighted by molar-refractivity contribution is 6.30. The van der Waals surface area contributed by atoms with Gasteiger partial charge in [0.2, 0.25) is 5.75 Å². The molecule has 1 heterocycles. The largest absolute Gasteiger partial charge is 0.501 e. The van der Waals surface area contributed by atoms with Gasteiger partial charge in [0.15, 0.2) is 5.69 Å². The number of carbonyl (C=O) groups is 1. The summed E-state index contributed by atoms with van der Waals surface area (Å²) in [6, 6.07) is 14.3. The molecule has 0 saturated heterocycles. The molecule has 0 saturated carbocycles. The van der Waals surface area contributed by atoms with Crippen molar-refractivity contribution in [1.82, 2.24) is 15.3 Å². The Labute approximate surface area is 154 Å². The van der Waals surface area contributed by atoms with Crippen LogP contribution in [0.5, 0.6) is 5.75 Å². The molecule has 0 unspecified atom stereocenters. The molecule has 132 valence electrons. The van der Waals surface area contributed by atoms with Crippen molar-refractivity contribution in [3.63, 3.8) is 0 Å². The first-order chi connectivity index (χ1) is 12.4. The number of halogens is 1. The maximum absolute atomic E-state index is 12.4. The number of hydrogen-bond donors (Lipinski definition) is 3. The summed E-state index contributed by atoms with van der Waals surface area (Å²) in [6.45, 7) is 2.09. The molecule has 6 nitrogen and oxygen atoms in total. The van der Waals surface area contributed by atoms with Crippen molar-refractivity contribution in [2.75, 3.05) is 0 Å². The van der Waals surface area contributed by atoms with Gasteiger partial charge in [-0.15, -0.1) is 0 Å². The van der Waals surface area contributed by atoms with Crippen LogP contribution in [0.4, 0.5) is 0 Å². The van der Waals surface area contributed by atoms with E-state index < -0.39 is 17.2 Å². The van der Waals surface area contributed by atoms with Crippen LogP contribution >= 0.6 is 11.6 Å². The standard InChI is InChI=1S/C19H16ClN3O3/c1-11-4-2-6-13(8-11)17-22-15(16(24)19(26)23-17)18(25)21-10-12-5-3-7-14(20)9-12/h2-9,24H,10H2,1H3,(H,21,25)(H,22,23,26). The third-order valence-electron chi connectivity index (χ3n) is 3.74. The lowest BCUT2D eigenvalue weighted by atomic mass is 10.1. The molecule has 0 radical (unpaired) electrons. The molecule has 0 aliphatic carbocycles. The van der Waals surface area contributed by atoms with E-state index in [1.54, 1.807) is 30.3 Å². The molecule has 26 heavy (non-hydrogen) atoms. The summed E-state index contributed by atoms with van der Waals surface area (Å²) in [5.41, 5.74) is 1.31. The molecule has 0 aliphatic rings. The number of aryl methyl sites for hydroxylation is 1. The molecule has 3 rings (SSSR count). The summed E-state index contributed by atoms with van der Waals surface area (Å²) < 4.78 is 0. The Hall–Kier alpha value is -3.12. The summed E-state index contributed by atoms with van der Waals surface area (Å²) in [7, 11) is 0. The van der Waals surface area contributed by atoms with Gasteiger partial charge in [-0.25, -0.2) is 4.98 Å². The van der Waals surface area contributed by atoms with E-state index in [-0.39, 0.29) is 18.1 Å². The van der Waals surface area contributed by atoms with E-state index in [0.717, 1.165) is 11.1 Å². The van der Waals surface area contributed by atoms with Gasteiger partial charge in [0.1, 0.15) is 5.82 Å². The van der Waals surface area contributed by atoms with Gasteiger partial charge in [-0.1, -0.05) is 47.5 Å². The van der Waals surface area contributed by atoms with Crippen LogP contribution < -0.4 is 10.9 Å². The summed E-state index contributed by atoms with van der Waals surface area (Å²) in [6.07, 6.45) is 0. The number of nitrogens with zero attached hydrogens (tertiary/aromatic N) is 1. The van der Waals surface area contributed by atoms with Crippen LogP contribution in [0.15, 0.2) is 53.3 Å². The Morgan fingerprint density at radius 1 is 1.23 bits per heavy atom. The number of hydrogen-bond acceptors (Lipinski definition) is 4. The third-order valence-corrected chi connectivity index (χ3v) is 3.98. The van der Waals surface area contributed by atoms with E-state index in [0.29, 0.717) is 10.6 Å². The topological polar surface area (TPSA) is 95.1 Å². The Kier molecular flexibility index (Phi) is 5.04. The van der Waals surface area contributed by atoms with E-state index in [4.69, 9.17) is 11.6 Å². The van der Waals surface area contributed by atoms with Crippen molar-refractivity contribution in [3.05, 3.63) is 80.7 Å². The monoisotopic (exact) mass is 369 g/mol. The fourth-order valence-electron chi connectivity index (χ4n) is 2.47. The van der Waals surface area contributed by atoms with Crippen LogP contribution in [0.1, 0.15) is 21.6 Å². The Morgan fingerprint density at radius 2 is 2.00 bits per heavy atom. The lowest BCUT2D eigenvalue weighted by Gasteiger charge is -2.09. The molecule has 1 aromatic heterocycles. The highest BCUT2D eigenvalue weighted by Gasteiger charge is 2.18. The number of benzene rings is 2. The second kappa shape index (κ2) is 7.41. The van der Waals surface area contributed by atoms with Gasteiger partial charge in [-0.2, -0.15) is 0 Å².